The number of carbonyl (C=O) groups is 1. The van der Waals surface area contributed by atoms with E-state index in [0.717, 1.165) is 16.8 Å². The number of hydrogen-bond donors (Lipinski definition) is 1. The SMILES string of the molecule is COc1ccc([C@H]2CC(=O)Nc3c2c(C)nn3-c2nncc(-c3ccc(F)cc3)n2)cc1OC. The molecule has 1 aliphatic heterocycles. The van der Waals surface area contributed by atoms with Crippen molar-refractivity contribution in [1.29, 1.82) is 0 Å². The number of carbonyl (C=O) groups excluding carboxylic acids is 1. The summed E-state index contributed by atoms with van der Waals surface area (Å²) in [5.74, 6) is 1.13. The lowest BCUT2D eigenvalue weighted by atomic mass is 9.85. The normalized spacial score (nSPS) is 14.9. The van der Waals surface area contributed by atoms with E-state index in [1.54, 1.807) is 26.4 Å². The molecule has 0 bridgehead atoms. The van der Waals surface area contributed by atoms with Gasteiger partial charge in [0.05, 0.1) is 31.8 Å². The fourth-order valence-corrected chi connectivity index (χ4v) is 4.19. The zero-order valence-electron chi connectivity index (χ0n) is 18.7. The van der Waals surface area contributed by atoms with Crippen LogP contribution in [0, 0.1) is 12.7 Å². The van der Waals surface area contributed by atoms with Gasteiger partial charge in [0.25, 0.3) is 5.95 Å². The first kappa shape index (κ1) is 21.5. The molecular weight excluding hydrogens is 439 g/mol. The lowest BCUT2D eigenvalue weighted by Gasteiger charge is -2.24. The van der Waals surface area contributed by atoms with E-state index >= 15 is 0 Å². The molecule has 5 rings (SSSR count). The summed E-state index contributed by atoms with van der Waals surface area (Å²) in [6.45, 7) is 1.87. The minimum absolute atomic E-state index is 0.156. The van der Waals surface area contributed by atoms with E-state index in [-0.39, 0.29) is 30.0 Å². The molecule has 0 spiro atoms. The predicted octanol–water partition coefficient (Wildman–Crippen LogP) is 3.66. The maximum absolute atomic E-state index is 13.3. The van der Waals surface area contributed by atoms with Gasteiger partial charge in [-0.25, -0.2) is 9.37 Å². The molecule has 1 N–H and O–H groups in total. The number of nitrogens with zero attached hydrogens (tertiary/aromatic N) is 5. The number of aryl methyl sites for hydroxylation is 1. The molecule has 1 atom stereocenters. The van der Waals surface area contributed by atoms with Crippen LogP contribution in [0.3, 0.4) is 0 Å². The zero-order valence-corrected chi connectivity index (χ0v) is 18.7. The smallest absolute Gasteiger partial charge is 0.272 e. The molecule has 4 aromatic rings. The molecule has 3 heterocycles. The number of halogens is 1. The number of anilines is 1. The Bertz CT molecular complexity index is 1390. The van der Waals surface area contributed by atoms with Gasteiger partial charge in [-0.1, -0.05) is 6.07 Å². The highest BCUT2D eigenvalue weighted by molar-refractivity contribution is 5.95. The van der Waals surface area contributed by atoms with Crippen molar-refractivity contribution < 1.29 is 18.7 Å². The maximum atomic E-state index is 13.3. The summed E-state index contributed by atoms with van der Waals surface area (Å²) in [6.07, 6.45) is 1.74. The first-order chi connectivity index (χ1) is 16.5. The summed E-state index contributed by atoms with van der Waals surface area (Å²) < 4.78 is 25.6. The lowest BCUT2D eigenvalue weighted by Crippen LogP contribution is -2.25. The molecule has 2 aromatic carbocycles. The standard InChI is InChI=1S/C24H21FN6O3/c1-13-22-17(15-6-9-19(33-2)20(10-15)34-3)11-21(32)28-23(22)31(30-13)24-27-18(12-26-29-24)14-4-7-16(25)8-5-14/h4-10,12,17H,11H2,1-3H3,(H,28,32)/t17-/m1/s1. The fourth-order valence-electron chi connectivity index (χ4n) is 4.19. The van der Waals surface area contributed by atoms with Crippen molar-refractivity contribution in [2.45, 2.75) is 19.3 Å². The summed E-state index contributed by atoms with van der Waals surface area (Å²) in [5, 5.41) is 15.7. The van der Waals surface area contributed by atoms with Crippen molar-refractivity contribution in [3.8, 4) is 28.7 Å². The molecule has 9 nitrogen and oxygen atoms in total. The van der Waals surface area contributed by atoms with Gasteiger partial charge in [-0.15, -0.1) is 5.10 Å². The average molecular weight is 460 g/mol. The van der Waals surface area contributed by atoms with Crippen molar-refractivity contribution >= 4 is 11.7 Å². The molecule has 0 saturated carbocycles. The second-order valence-electron chi connectivity index (χ2n) is 7.83. The van der Waals surface area contributed by atoms with Crippen molar-refractivity contribution in [3.05, 3.63) is 71.3 Å². The second-order valence-corrected chi connectivity index (χ2v) is 7.83. The Morgan fingerprint density at radius 3 is 2.59 bits per heavy atom. The number of ether oxygens (including phenoxy) is 2. The second kappa shape index (κ2) is 8.54. The quantitative estimate of drug-likeness (QED) is 0.485. The van der Waals surface area contributed by atoms with E-state index in [2.05, 4.69) is 25.6 Å². The Hall–Kier alpha value is -4.34. The molecule has 0 radical (unpaired) electrons. The molecule has 1 aliphatic rings. The molecule has 172 valence electrons. The van der Waals surface area contributed by atoms with E-state index in [1.807, 2.05) is 25.1 Å². The Morgan fingerprint density at radius 2 is 1.85 bits per heavy atom. The molecule has 0 fully saturated rings. The minimum atomic E-state index is -0.341. The summed E-state index contributed by atoms with van der Waals surface area (Å²) in [6, 6.07) is 11.5. The van der Waals surface area contributed by atoms with Crippen LogP contribution in [-0.2, 0) is 4.79 Å². The number of nitrogens with one attached hydrogen (secondary N) is 1. The van der Waals surface area contributed by atoms with E-state index in [0.29, 0.717) is 28.6 Å². The van der Waals surface area contributed by atoms with E-state index in [4.69, 9.17) is 9.47 Å². The van der Waals surface area contributed by atoms with Crippen LogP contribution < -0.4 is 14.8 Å². The summed E-state index contributed by atoms with van der Waals surface area (Å²) in [7, 11) is 3.15. The largest absolute Gasteiger partial charge is 0.493 e. The molecule has 0 aliphatic carbocycles. The molecule has 0 unspecified atom stereocenters. The number of amides is 1. The molecular formula is C24H21FN6O3. The zero-order chi connectivity index (χ0) is 23.8. The van der Waals surface area contributed by atoms with Gasteiger partial charge in [0, 0.05) is 23.5 Å². The third-order valence-corrected chi connectivity index (χ3v) is 5.79. The van der Waals surface area contributed by atoms with Gasteiger partial charge in [-0.3, -0.25) is 4.79 Å². The first-order valence-corrected chi connectivity index (χ1v) is 10.6. The Balaban J connectivity index is 1.59. The highest BCUT2D eigenvalue weighted by Gasteiger charge is 2.33. The number of fused-ring (bicyclic) bond motifs is 1. The molecule has 0 saturated heterocycles. The van der Waals surface area contributed by atoms with Crippen LogP contribution in [0.25, 0.3) is 17.2 Å². The van der Waals surface area contributed by atoms with Gasteiger partial charge >= 0.3 is 0 Å². The monoisotopic (exact) mass is 460 g/mol. The lowest BCUT2D eigenvalue weighted by molar-refractivity contribution is -0.116. The number of rotatable bonds is 5. The van der Waals surface area contributed by atoms with Crippen LogP contribution in [0.15, 0.2) is 48.7 Å². The highest BCUT2D eigenvalue weighted by Crippen LogP contribution is 2.42. The van der Waals surface area contributed by atoms with Crippen LogP contribution >= 0.6 is 0 Å². The van der Waals surface area contributed by atoms with Crippen LogP contribution in [-0.4, -0.2) is 45.1 Å². The summed E-state index contributed by atoms with van der Waals surface area (Å²) >= 11 is 0. The number of methoxy groups -OCH3 is 2. The van der Waals surface area contributed by atoms with Gasteiger partial charge < -0.3 is 14.8 Å². The fraction of sp³-hybridized carbons (Fsp3) is 0.208. The first-order valence-electron chi connectivity index (χ1n) is 10.6. The number of hydrogen-bond acceptors (Lipinski definition) is 7. The Labute approximate surface area is 194 Å². The minimum Gasteiger partial charge on any atom is -0.493 e. The Morgan fingerprint density at radius 1 is 1.09 bits per heavy atom. The van der Waals surface area contributed by atoms with Crippen molar-refractivity contribution in [2.24, 2.45) is 0 Å². The van der Waals surface area contributed by atoms with Crippen molar-refractivity contribution in [3.63, 3.8) is 0 Å². The van der Waals surface area contributed by atoms with Crippen molar-refractivity contribution in [2.75, 3.05) is 19.5 Å². The predicted molar refractivity (Wildman–Crippen MR) is 122 cm³/mol. The molecule has 2 aromatic heterocycles. The Kier molecular flexibility index (Phi) is 5.40. The molecule has 34 heavy (non-hydrogen) atoms. The highest BCUT2D eigenvalue weighted by atomic mass is 19.1. The topological polar surface area (TPSA) is 104 Å². The van der Waals surface area contributed by atoms with Gasteiger partial charge in [0.2, 0.25) is 5.91 Å². The summed E-state index contributed by atoms with van der Waals surface area (Å²) in [5.41, 5.74) is 3.68. The third kappa shape index (κ3) is 3.72. The molecule has 10 heteroatoms. The van der Waals surface area contributed by atoms with E-state index < -0.39 is 0 Å². The van der Waals surface area contributed by atoms with Crippen LogP contribution in [0.2, 0.25) is 0 Å². The van der Waals surface area contributed by atoms with E-state index in [1.165, 1.54) is 23.0 Å². The van der Waals surface area contributed by atoms with Crippen LogP contribution in [0.1, 0.15) is 29.2 Å². The number of aromatic nitrogens is 5. The van der Waals surface area contributed by atoms with Crippen molar-refractivity contribution in [1.82, 2.24) is 25.0 Å². The average Bonchev–Trinajstić information content (AvgIpc) is 3.19. The third-order valence-electron chi connectivity index (χ3n) is 5.79. The number of benzene rings is 2. The van der Waals surface area contributed by atoms with Crippen LogP contribution in [0.5, 0.6) is 11.5 Å². The van der Waals surface area contributed by atoms with E-state index in [9.17, 15) is 9.18 Å². The van der Waals surface area contributed by atoms with Crippen LogP contribution in [0.4, 0.5) is 10.2 Å². The van der Waals surface area contributed by atoms with Gasteiger partial charge in [0.1, 0.15) is 11.6 Å². The van der Waals surface area contributed by atoms with Gasteiger partial charge in [-0.05, 0) is 48.9 Å². The maximum Gasteiger partial charge on any atom is 0.272 e. The van der Waals surface area contributed by atoms with Gasteiger partial charge in [0.15, 0.2) is 11.5 Å². The summed E-state index contributed by atoms with van der Waals surface area (Å²) in [4.78, 5) is 17.3. The van der Waals surface area contributed by atoms with Gasteiger partial charge in [-0.2, -0.15) is 14.9 Å². The molecule has 1 amide bonds.